The van der Waals surface area contributed by atoms with Crippen LogP contribution in [0.5, 0.6) is 0 Å². The van der Waals surface area contributed by atoms with E-state index in [1.54, 1.807) is 12.1 Å². The Morgan fingerprint density at radius 1 is 1.39 bits per heavy atom. The van der Waals surface area contributed by atoms with Gasteiger partial charge < -0.3 is 10.6 Å². The van der Waals surface area contributed by atoms with Crippen molar-refractivity contribution in [2.45, 2.75) is 19.3 Å². The zero-order valence-corrected chi connectivity index (χ0v) is 10.6. The number of halogens is 1. The maximum absolute atomic E-state index is 12.9. The van der Waals surface area contributed by atoms with Crippen molar-refractivity contribution >= 4 is 5.91 Å². The van der Waals surface area contributed by atoms with Crippen molar-refractivity contribution in [2.24, 2.45) is 5.92 Å². The number of amides is 1. The number of rotatable bonds is 4. The van der Waals surface area contributed by atoms with Crippen LogP contribution in [0.15, 0.2) is 24.3 Å². The number of carbonyl (C=O) groups is 1. The summed E-state index contributed by atoms with van der Waals surface area (Å²) in [5.41, 5.74) is 1.03. The Kier molecular flexibility index (Phi) is 4.31. The molecule has 1 aliphatic rings. The van der Waals surface area contributed by atoms with Crippen LogP contribution in [-0.2, 0) is 4.79 Å². The number of hydrogen-bond donors (Lipinski definition) is 2. The first-order valence-corrected chi connectivity index (χ1v) is 6.46. The Bertz CT molecular complexity index is 405. The molecule has 1 fully saturated rings. The first kappa shape index (κ1) is 13.0. The van der Waals surface area contributed by atoms with Crippen LogP contribution >= 0.6 is 0 Å². The minimum atomic E-state index is -0.239. The van der Waals surface area contributed by atoms with E-state index < -0.39 is 0 Å². The summed E-state index contributed by atoms with van der Waals surface area (Å²) < 4.78 is 12.9. The molecule has 18 heavy (non-hydrogen) atoms. The molecule has 0 spiro atoms. The van der Waals surface area contributed by atoms with Gasteiger partial charge in [-0.1, -0.05) is 19.1 Å². The molecule has 98 valence electrons. The van der Waals surface area contributed by atoms with Gasteiger partial charge >= 0.3 is 0 Å². The van der Waals surface area contributed by atoms with Crippen LogP contribution in [0.2, 0.25) is 0 Å². The van der Waals surface area contributed by atoms with Gasteiger partial charge in [0.2, 0.25) is 5.91 Å². The van der Waals surface area contributed by atoms with Crippen LogP contribution in [0.3, 0.4) is 0 Å². The van der Waals surface area contributed by atoms with Crippen molar-refractivity contribution in [3.63, 3.8) is 0 Å². The standard InChI is InChI=1S/C14H19FN2O/c1-2-7-17-14(18)13-9-16-8-12(13)10-3-5-11(15)6-4-10/h3-6,12-13,16H,2,7-9H2,1H3,(H,17,18). The van der Waals surface area contributed by atoms with Gasteiger partial charge in [0.05, 0.1) is 5.92 Å². The first-order valence-electron chi connectivity index (χ1n) is 6.46. The molecule has 1 aliphatic heterocycles. The summed E-state index contributed by atoms with van der Waals surface area (Å²) in [4.78, 5) is 12.0. The SMILES string of the molecule is CCCNC(=O)C1CNCC1c1ccc(F)cc1. The number of carbonyl (C=O) groups excluding carboxylic acids is 1. The molecule has 2 atom stereocenters. The lowest BCUT2D eigenvalue weighted by Crippen LogP contribution is -2.34. The molecule has 1 amide bonds. The fourth-order valence-corrected chi connectivity index (χ4v) is 2.39. The van der Waals surface area contributed by atoms with Crippen LogP contribution < -0.4 is 10.6 Å². The fourth-order valence-electron chi connectivity index (χ4n) is 2.39. The smallest absolute Gasteiger partial charge is 0.225 e. The zero-order valence-electron chi connectivity index (χ0n) is 10.6. The Morgan fingerprint density at radius 3 is 2.78 bits per heavy atom. The molecule has 0 aromatic heterocycles. The van der Waals surface area contributed by atoms with Gasteiger partial charge in [0.25, 0.3) is 0 Å². The van der Waals surface area contributed by atoms with Crippen molar-refractivity contribution in [3.8, 4) is 0 Å². The topological polar surface area (TPSA) is 41.1 Å². The predicted octanol–water partition coefficient (Wildman–Crippen LogP) is 1.65. The average molecular weight is 250 g/mol. The van der Waals surface area contributed by atoms with Crippen molar-refractivity contribution in [2.75, 3.05) is 19.6 Å². The van der Waals surface area contributed by atoms with E-state index in [1.165, 1.54) is 12.1 Å². The Morgan fingerprint density at radius 2 is 2.11 bits per heavy atom. The highest BCUT2D eigenvalue weighted by atomic mass is 19.1. The number of benzene rings is 1. The van der Waals surface area contributed by atoms with Crippen LogP contribution in [-0.4, -0.2) is 25.5 Å². The van der Waals surface area contributed by atoms with Gasteiger partial charge in [-0.25, -0.2) is 4.39 Å². The summed E-state index contributed by atoms with van der Waals surface area (Å²) in [6.45, 7) is 4.21. The lowest BCUT2D eigenvalue weighted by atomic mass is 9.88. The van der Waals surface area contributed by atoms with Crippen LogP contribution in [0.4, 0.5) is 4.39 Å². The minimum Gasteiger partial charge on any atom is -0.356 e. The van der Waals surface area contributed by atoms with Gasteiger partial charge in [-0.05, 0) is 24.1 Å². The van der Waals surface area contributed by atoms with E-state index in [9.17, 15) is 9.18 Å². The van der Waals surface area contributed by atoms with Crippen LogP contribution in [0, 0.1) is 11.7 Å². The summed E-state index contributed by atoms with van der Waals surface area (Å²) >= 11 is 0. The van der Waals surface area contributed by atoms with Crippen molar-refractivity contribution < 1.29 is 9.18 Å². The molecule has 2 rings (SSSR count). The van der Waals surface area contributed by atoms with E-state index in [0.29, 0.717) is 13.1 Å². The quantitative estimate of drug-likeness (QED) is 0.853. The molecule has 2 unspecified atom stereocenters. The largest absolute Gasteiger partial charge is 0.356 e. The predicted molar refractivity (Wildman–Crippen MR) is 68.8 cm³/mol. The molecule has 3 nitrogen and oxygen atoms in total. The van der Waals surface area contributed by atoms with E-state index in [-0.39, 0.29) is 23.6 Å². The fraction of sp³-hybridized carbons (Fsp3) is 0.500. The third kappa shape index (κ3) is 2.88. The summed E-state index contributed by atoms with van der Waals surface area (Å²) in [5.74, 6) is -0.0580. The Hall–Kier alpha value is -1.42. The number of hydrogen-bond acceptors (Lipinski definition) is 2. The van der Waals surface area contributed by atoms with Gasteiger partial charge in [0.1, 0.15) is 5.82 Å². The molecule has 0 aliphatic carbocycles. The summed E-state index contributed by atoms with van der Waals surface area (Å²) in [5, 5.41) is 6.17. The molecule has 4 heteroatoms. The average Bonchev–Trinajstić information content (AvgIpc) is 2.86. The molecule has 0 bridgehead atoms. The molecular formula is C14H19FN2O. The van der Waals surface area contributed by atoms with Gasteiger partial charge in [0.15, 0.2) is 0 Å². The molecule has 1 heterocycles. The van der Waals surface area contributed by atoms with E-state index in [1.807, 2.05) is 6.92 Å². The third-order valence-corrected chi connectivity index (χ3v) is 3.40. The molecule has 1 aromatic carbocycles. The van der Waals surface area contributed by atoms with Crippen molar-refractivity contribution in [3.05, 3.63) is 35.6 Å². The molecular weight excluding hydrogens is 231 g/mol. The van der Waals surface area contributed by atoms with Gasteiger partial charge in [-0.3, -0.25) is 4.79 Å². The van der Waals surface area contributed by atoms with Crippen LogP contribution in [0.1, 0.15) is 24.8 Å². The highest BCUT2D eigenvalue weighted by molar-refractivity contribution is 5.80. The number of nitrogens with one attached hydrogen (secondary N) is 2. The highest BCUT2D eigenvalue weighted by Gasteiger charge is 2.33. The monoisotopic (exact) mass is 250 g/mol. The normalized spacial score (nSPS) is 23.0. The van der Waals surface area contributed by atoms with Crippen molar-refractivity contribution in [1.82, 2.24) is 10.6 Å². The molecule has 0 saturated carbocycles. The summed E-state index contributed by atoms with van der Waals surface area (Å²) in [6, 6.07) is 6.45. The Labute approximate surface area is 107 Å². The van der Waals surface area contributed by atoms with E-state index in [0.717, 1.165) is 18.5 Å². The first-order chi connectivity index (χ1) is 8.72. The molecule has 0 radical (unpaired) electrons. The van der Waals surface area contributed by atoms with E-state index in [2.05, 4.69) is 10.6 Å². The summed E-state index contributed by atoms with van der Waals surface area (Å²) in [6.07, 6.45) is 0.938. The molecule has 2 N–H and O–H groups in total. The second-order valence-electron chi connectivity index (χ2n) is 4.71. The maximum Gasteiger partial charge on any atom is 0.225 e. The highest BCUT2D eigenvalue weighted by Crippen LogP contribution is 2.28. The van der Waals surface area contributed by atoms with Crippen molar-refractivity contribution in [1.29, 1.82) is 0 Å². The maximum atomic E-state index is 12.9. The molecule has 1 aromatic rings. The lowest BCUT2D eigenvalue weighted by molar-refractivity contribution is -0.124. The van der Waals surface area contributed by atoms with Gasteiger partial charge in [0, 0.05) is 25.6 Å². The Balaban J connectivity index is 2.07. The van der Waals surface area contributed by atoms with Gasteiger partial charge in [-0.15, -0.1) is 0 Å². The zero-order chi connectivity index (χ0) is 13.0. The minimum absolute atomic E-state index is 0.0537. The van der Waals surface area contributed by atoms with Gasteiger partial charge in [-0.2, -0.15) is 0 Å². The van der Waals surface area contributed by atoms with E-state index in [4.69, 9.17) is 0 Å². The summed E-state index contributed by atoms with van der Waals surface area (Å²) in [7, 11) is 0. The third-order valence-electron chi connectivity index (χ3n) is 3.40. The van der Waals surface area contributed by atoms with Crippen LogP contribution in [0.25, 0.3) is 0 Å². The second kappa shape index (κ2) is 5.96. The second-order valence-corrected chi connectivity index (χ2v) is 4.71. The van der Waals surface area contributed by atoms with E-state index >= 15 is 0 Å². The molecule has 1 saturated heterocycles. The lowest BCUT2D eigenvalue weighted by Gasteiger charge is -2.18.